The summed E-state index contributed by atoms with van der Waals surface area (Å²) in [6.07, 6.45) is -1.38. The summed E-state index contributed by atoms with van der Waals surface area (Å²) in [6, 6.07) is 4.55. The number of aromatic nitrogens is 1. The minimum absolute atomic E-state index is 0.165. The summed E-state index contributed by atoms with van der Waals surface area (Å²) in [5.74, 6) is -3.52. The van der Waals surface area contributed by atoms with Crippen LogP contribution in [0.15, 0.2) is 23.0 Å². The number of amides is 1. The first-order valence-electron chi connectivity index (χ1n) is 10.0. The molecule has 2 atom stereocenters. The lowest BCUT2D eigenvalue weighted by atomic mass is 10.1. The lowest BCUT2D eigenvalue weighted by Gasteiger charge is -2.17. The number of ether oxygens (including phenoxy) is 1. The van der Waals surface area contributed by atoms with E-state index in [0.717, 1.165) is 4.57 Å². The van der Waals surface area contributed by atoms with Crippen molar-refractivity contribution in [1.82, 2.24) is 15.2 Å². The molecule has 2 aromatic rings. The largest absolute Gasteiger partial charge is 0.506 e. The first-order chi connectivity index (χ1) is 15.5. The van der Waals surface area contributed by atoms with Crippen LogP contribution in [0.1, 0.15) is 41.4 Å². The normalized spacial score (nSPS) is 17.2. The van der Waals surface area contributed by atoms with Crippen molar-refractivity contribution < 1.29 is 29.6 Å². The Morgan fingerprint density at radius 2 is 1.94 bits per heavy atom. The Balaban J connectivity index is 2.08. The molecule has 1 fully saturated rings. The number of pyridine rings is 1. The Bertz CT molecular complexity index is 1150. The van der Waals surface area contributed by atoms with Crippen molar-refractivity contribution in [2.75, 3.05) is 13.1 Å². The van der Waals surface area contributed by atoms with Gasteiger partial charge in [0.25, 0.3) is 11.5 Å². The van der Waals surface area contributed by atoms with Crippen LogP contribution in [0.25, 0.3) is 0 Å². The number of halogens is 2. The maximum absolute atomic E-state index is 13.1. The van der Waals surface area contributed by atoms with Crippen LogP contribution < -0.4 is 16.2 Å². The van der Waals surface area contributed by atoms with Gasteiger partial charge in [-0.05, 0) is 30.2 Å². The summed E-state index contributed by atoms with van der Waals surface area (Å²) < 4.78 is 6.38. The molecule has 5 N–H and O–H groups in total. The predicted octanol–water partition coefficient (Wildman–Crippen LogP) is 2.07. The van der Waals surface area contributed by atoms with Crippen molar-refractivity contribution in [2.45, 2.75) is 32.7 Å². The van der Waals surface area contributed by atoms with E-state index in [-0.39, 0.29) is 17.1 Å². The number of aliphatic carboxylic acids is 1. The molecule has 1 amide bonds. The van der Waals surface area contributed by atoms with Crippen LogP contribution in [0.3, 0.4) is 0 Å². The zero-order chi connectivity index (χ0) is 24.4. The van der Waals surface area contributed by atoms with Crippen LogP contribution in [-0.4, -0.2) is 51.1 Å². The summed E-state index contributed by atoms with van der Waals surface area (Å²) in [6.45, 7) is 3.55. The van der Waals surface area contributed by atoms with Crippen LogP contribution in [0, 0.1) is 5.92 Å². The number of epoxide rings is 1. The van der Waals surface area contributed by atoms with Crippen molar-refractivity contribution in [2.24, 2.45) is 5.92 Å². The standard InChI is InChI=1S/C21H23Cl2N3O7/c1-9(2)6-25-19-17(33-19)14-16(29)15(18(30)24-7-13(27)28)21(32)26(20(14)31)8-10-3-4-11(22)5-12(10)23/h3-5,9,17,19,25,29,31H,6-8H2,1-2H3,(H,24,30)(H,27,28). The quantitative estimate of drug-likeness (QED) is 0.328. The van der Waals surface area contributed by atoms with E-state index in [1.807, 2.05) is 13.8 Å². The number of carboxylic acid groups (broad SMARTS) is 1. The molecule has 1 aliphatic rings. The van der Waals surface area contributed by atoms with E-state index in [1.165, 1.54) is 6.07 Å². The van der Waals surface area contributed by atoms with E-state index in [0.29, 0.717) is 23.0 Å². The third-order valence-corrected chi connectivity index (χ3v) is 5.51. The number of hydrogen-bond acceptors (Lipinski definition) is 7. The number of aromatic hydroxyl groups is 2. The third-order valence-electron chi connectivity index (χ3n) is 4.92. The Morgan fingerprint density at radius 3 is 2.55 bits per heavy atom. The van der Waals surface area contributed by atoms with E-state index in [4.69, 9.17) is 33.0 Å². The molecule has 12 heteroatoms. The zero-order valence-corrected chi connectivity index (χ0v) is 19.3. The maximum atomic E-state index is 13.1. The van der Waals surface area contributed by atoms with E-state index in [9.17, 15) is 24.6 Å². The summed E-state index contributed by atoms with van der Waals surface area (Å²) in [5, 5.41) is 36.2. The first-order valence-corrected chi connectivity index (χ1v) is 10.8. The highest BCUT2D eigenvalue weighted by Gasteiger charge is 2.46. The molecule has 0 radical (unpaired) electrons. The van der Waals surface area contributed by atoms with Crippen molar-refractivity contribution >= 4 is 35.1 Å². The molecule has 1 aromatic carbocycles. The topological polar surface area (TPSA) is 153 Å². The predicted molar refractivity (Wildman–Crippen MR) is 120 cm³/mol. The molecule has 1 saturated heterocycles. The highest BCUT2D eigenvalue weighted by Crippen LogP contribution is 2.46. The number of benzene rings is 1. The van der Waals surface area contributed by atoms with Gasteiger partial charge < -0.3 is 25.4 Å². The van der Waals surface area contributed by atoms with Crippen LogP contribution in [0.5, 0.6) is 11.6 Å². The molecule has 0 bridgehead atoms. The molecule has 33 heavy (non-hydrogen) atoms. The van der Waals surface area contributed by atoms with E-state index in [2.05, 4.69) is 10.6 Å². The molecule has 2 unspecified atom stereocenters. The molecule has 0 aliphatic carbocycles. The summed E-state index contributed by atoms with van der Waals surface area (Å²) in [4.78, 5) is 36.5. The Labute approximate surface area is 198 Å². The second-order valence-electron chi connectivity index (χ2n) is 7.94. The van der Waals surface area contributed by atoms with Crippen molar-refractivity contribution in [3.8, 4) is 11.6 Å². The van der Waals surface area contributed by atoms with Gasteiger partial charge in [-0.15, -0.1) is 0 Å². The van der Waals surface area contributed by atoms with Gasteiger partial charge in [-0.2, -0.15) is 0 Å². The van der Waals surface area contributed by atoms with Gasteiger partial charge in [0.05, 0.1) is 12.1 Å². The summed E-state index contributed by atoms with van der Waals surface area (Å²) >= 11 is 12.1. The number of carboxylic acids is 1. The van der Waals surface area contributed by atoms with Crippen LogP contribution in [0.2, 0.25) is 10.0 Å². The molecular weight excluding hydrogens is 477 g/mol. The highest BCUT2D eigenvalue weighted by atomic mass is 35.5. The van der Waals surface area contributed by atoms with Gasteiger partial charge in [0.2, 0.25) is 5.88 Å². The molecule has 2 heterocycles. The van der Waals surface area contributed by atoms with Crippen LogP contribution >= 0.6 is 23.2 Å². The monoisotopic (exact) mass is 499 g/mol. The van der Waals surface area contributed by atoms with Crippen LogP contribution in [-0.2, 0) is 16.1 Å². The third kappa shape index (κ3) is 5.59. The van der Waals surface area contributed by atoms with Crippen LogP contribution in [0.4, 0.5) is 0 Å². The van der Waals surface area contributed by atoms with Gasteiger partial charge >= 0.3 is 5.97 Å². The minimum Gasteiger partial charge on any atom is -0.506 e. The molecule has 3 rings (SSSR count). The highest BCUT2D eigenvalue weighted by molar-refractivity contribution is 6.35. The average molecular weight is 500 g/mol. The second-order valence-corrected chi connectivity index (χ2v) is 8.79. The van der Waals surface area contributed by atoms with Crippen molar-refractivity contribution in [3.05, 3.63) is 55.3 Å². The van der Waals surface area contributed by atoms with Crippen molar-refractivity contribution in [1.29, 1.82) is 0 Å². The van der Waals surface area contributed by atoms with E-state index in [1.54, 1.807) is 12.1 Å². The summed E-state index contributed by atoms with van der Waals surface area (Å²) in [7, 11) is 0. The van der Waals surface area contributed by atoms with Gasteiger partial charge in [-0.3, -0.25) is 24.3 Å². The molecule has 1 aliphatic heterocycles. The number of nitrogens with zero attached hydrogens (tertiary/aromatic N) is 1. The molecule has 10 nitrogen and oxygen atoms in total. The van der Waals surface area contributed by atoms with Gasteiger partial charge in [0, 0.05) is 10.0 Å². The van der Waals surface area contributed by atoms with Crippen molar-refractivity contribution in [3.63, 3.8) is 0 Å². The minimum atomic E-state index is -1.33. The van der Waals surface area contributed by atoms with Gasteiger partial charge in [-0.1, -0.05) is 43.1 Å². The fraction of sp³-hybridized carbons (Fsp3) is 0.381. The van der Waals surface area contributed by atoms with Gasteiger partial charge in [0.15, 0.2) is 0 Å². The number of carbonyl (C=O) groups is 2. The molecule has 0 spiro atoms. The zero-order valence-electron chi connectivity index (χ0n) is 17.8. The summed E-state index contributed by atoms with van der Waals surface area (Å²) in [5.41, 5.74) is -1.50. The first kappa shape index (κ1) is 24.8. The molecule has 178 valence electrons. The Hall–Kier alpha value is -2.79. The van der Waals surface area contributed by atoms with Gasteiger partial charge in [0.1, 0.15) is 30.2 Å². The molecular formula is C21H23Cl2N3O7. The average Bonchev–Trinajstić information content (AvgIpc) is 3.48. The van der Waals surface area contributed by atoms with E-state index >= 15 is 0 Å². The molecule has 1 aromatic heterocycles. The fourth-order valence-corrected chi connectivity index (χ4v) is 3.70. The molecule has 0 saturated carbocycles. The Kier molecular flexibility index (Phi) is 7.53. The lowest BCUT2D eigenvalue weighted by molar-refractivity contribution is -0.135. The SMILES string of the molecule is CC(C)CNC1OC1c1c(O)c(C(=O)NCC(=O)O)c(=O)n(Cc2ccc(Cl)cc2Cl)c1O. The number of carbonyl (C=O) groups excluding carboxylic acids is 1. The second kappa shape index (κ2) is 10.0. The number of nitrogens with one attached hydrogen (secondary N) is 2. The fourth-order valence-electron chi connectivity index (χ4n) is 3.24. The van der Waals surface area contributed by atoms with E-state index < -0.39 is 53.5 Å². The Morgan fingerprint density at radius 1 is 1.24 bits per heavy atom. The maximum Gasteiger partial charge on any atom is 0.322 e. The number of hydrogen-bond donors (Lipinski definition) is 5. The van der Waals surface area contributed by atoms with Gasteiger partial charge in [-0.25, -0.2) is 0 Å². The lowest BCUT2D eigenvalue weighted by Crippen LogP contribution is -2.36. The number of rotatable bonds is 9. The smallest absolute Gasteiger partial charge is 0.322 e.